The summed E-state index contributed by atoms with van der Waals surface area (Å²) in [5.74, 6) is 1.04. The number of likely N-dealkylation sites (tertiary alicyclic amines) is 1. The van der Waals surface area contributed by atoms with Gasteiger partial charge in [0.15, 0.2) is 17.7 Å². The minimum atomic E-state index is -0.333. The maximum atomic E-state index is 12.6. The Labute approximate surface area is 197 Å². The third-order valence-corrected chi connectivity index (χ3v) is 6.04. The van der Waals surface area contributed by atoms with Crippen molar-refractivity contribution in [2.75, 3.05) is 34.4 Å². The molecule has 1 aliphatic heterocycles. The van der Waals surface area contributed by atoms with E-state index in [-0.39, 0.29) is 24.2 Å². The minimum absolute atomic E-state index is 0.0330. The minimum Gasteiger partial charge on any atom is -0.493 e. The fourth-order valence-electron chi connectivity index (χ4n) is 4.12. The summed E-state index contributed by atoms with van der Waals surface area (Å²) in [6, 6.07) is 15.9. The molecule has 34 heavy (non-hydrogen) atoms. The van der Waals surface area contributed by atoms with Gasteiger partial charge in [0.25, 0.3) is 0 Å². The molecule has 1 saturated heterocycles. The molecule has 8 nitrogen and oxygen atoms in total. The van der Waals surface area contributed by atoms with E-state index in [0.29, 0.717) is 30.3 Å². The molecule has 0 saturated carbocycles. The van der Waals surface area contributed by atoms with Gasteiger partial charge in [-0.25, -0.2) is 0 Å². The second-order valence-corrected chi connectivity index (χ2v) is 8.08. The SMILES string of the molecule is COc1cc(-c2ccc3cc(CC(=O)N4CC(C(=O)NC#N)C4)ccc3c2)cc(OC)c1OC. The zero-order chi connectivity index (χ0) is 24.2. The van der Waals surface area contributed by atoms with E-state index >= 15 is 0 Å². The molecular weight excluding hydrogens is 434 g/mol. The summed E-state index contributed by atoms with van der Waals surface area (Å²) >= 11 is 0. The van der Waals surface area contributed by atoms with E-state index in [1.165, 1.54) is 0 Å². The first kappa shape index (κ1) is 22.9. The highest BCUT2D eigenvalue weighted by molar-refractivity contribution is 5.90. The van der Waals surface area contributed by atoms with Gasteiger partial charge in [0.1, 0.15) is 0 Å². The molecule has 3 aromatic carbocycles. The number of benzene rings is 3. The van der Waals surface area contributed by atoms with Crippen molar-refractivity contribution < 1.29 is 23.8 Å². The van der Waals surface area contributed by atoms with Crippen molar-refractivity contribution in [3.8, 4) is 34.6 Å². The number of carbonyl (C=O) groups excluding carboxylic acids is 2. The number of hydrogen-bond acceptors (Lipinski definition) is 6. The molecule has 0 radical (unpaired) electrons. The largest absolute Gasteiger partial charge is 0.493 e. The van der Waals surface area contributed by atoms with Crippen LogP contribution in [0.3, 0.4) is 0 Å². The first-order chi connectivity index (χ1) is 16.5. The average molecular weight is 460 g/mol. The zero-order valence-corrected chi connectivity index (χ0v) is 19.3. The van der Waals surface area contributed by atoms with Crippen LogP contribution < -0.4 is 19.5 Å². The van der Waals surface area contributed by atoms with Crippen molar-refractivity contribution in [3.63, 3.8) is 0 Å². The fraction of sp³-hybridized carbons (Fsp3) is 0.269. The van der Waals surface area contributed by atoms with E-state index in [9.17, 15) is 9.59 Å². The van der Waals surface area contributed by atoms with Crippen LogP contribution in [0.1, 0.15) is 5.56 Å². The van der Waals surface area contributed by atoms with Crippen LogP contribution >= 0.6 is 0 Å². The number of nitrogens with zero attached hydrogens (tertiary/aromatic N) is 2. The average Bonchev–Trinajstić information content (AvgIpc) is 2.81. The quantitative estimate of drug-likeness (QED) is 0.430. The van der Waals surface area contributed by atoms with Gasteiger partial charge >= 0.3 is 0 Å². The third-order valence-electron chi connectivity index (χ3n) is 6.04. The number of hydrogen-bond donors (Lipinski definition) is 1. The number of fused-ring (bicyclic) bond motifs is 1. The maximum absolute atomic E-state index is 12.6. The van der Waals surface area contributed by atoms with E-state index in [0.717, 1.165) is 27.5 Å². The van der Waals surface area contributed by atoms with Gasteiger partial charge in [-0.1, -0.05) is 30.3 Å². The summed E-state index contributed by atoms with van der Waals surface area (Å²) in [4.78, 5) is 25.8. The molecule has 0 spiro atoms. The van der Waals surface area contributed by atoms with Crippen molar-refractivity contribution in [2.24, 2.45) is 5.92 Å². The highest BCUT2D eigenvalue weighted by Gasteiger charge is 2.35. The molecule has 0 atom stereocenters. The van der Waals surface area contributed by atoms with Crippen molar-refractivity contribution >= 4 is 22.6 Å². The molecule has 1 heterocycles. The Morgan fingerprint density at radius 2 is 1.59 bits per heavy atom. The first-order valence-corrected chi connectivity index (χ1v) is 10.8. The Bertz CT molecular complexity index is 1270. The van der Waals surface area contributed by atoms with Gasteiger partial charge in [0, 0.05) is 13.1 Å². The summed E-state index contributed by atoms with van der Waals surface area (Å²) in [5.41, 5.74) is 2.84. The first-order valence-electron chi connectivity index (χ1n) is 10.8. The molecule has 8 heteroatoms. The molecular formula is C26H25N3O5. The molecule has 0 bridgehead atoms. The van der Waals surface area contributed by atoms with Crippen LogP contribution in [0.15, 0.2) is 48.5 Å². The fourth-order valence-corrected chi connectivity index (χ4v) is 4.12. The molecule has 1 fully saturated rings. The summed E-state index contributed by atoms with van der Waals surface area (Å²) < 4.78 is 16.3. The highest BCUT2D eigenvalue weighted by Crippen LogP contribution is 2.41. The molecule has 1 aliphatic rings. The third kappa shape index (κ3) is 4.46. The Morgan fingerprint density at radius 3 is 2.21 bits per heavy atom. The van der Waals surface area contributed by atoms with E-state index in [1.807, 2.05) is 42.5 Å². The number of rotatable bonds is 7. The lowest BCUT2D eigenvalue weighted by atomic mass is 9.96. The van der Waals surface area contributed by atoms with Gasteiger partial charge < -0.3 is 19.1 Å². The molecule has 1 N–H and O–H groups in total. The summed E-state index contributed by atoms with van der Waals surface area (Å²) in [6.45, 7) is 0.691. The van der Waals surface area contributed by atoms with Gasteiger partial charge in [-0.3, -0.25) is 14.9 Å². The molecule has 0 aliphatic carbocycles. The van der Waals surface area contributed by atoms with Gasteiger partial charge in [0.05, 0.1) is 33.7 Å². The normalized spacial score (nSPS) is 13.1. The maximum Gasteiger partial charge on any atom is 0.239 e. The topological polar surface area (TPSA) is 101 Å². The van der Waals surface area contributed by atoms with Crippen LogP contribution in [-0.4, -0.2) is 51.1 Å². The lowest BCUT2D eigenvalue weighted by Crippen LogP contribution is -2.55. The second kappa shape index (κ2) is 9.71. The van der Waals surface area contributed by atoms with Gasteiger partial charge in [-0.05, 0) is 45.7 Å². The lowest BCUT2D eigenvalue weighted by Gasteiger charge is -2.37. The van der Waals surface area contributed by atoms with Crippen LogP contribution in [0.2, 0.25) is 0 Å². The monoisotopic (exact) mass is 459 g/mol. The van der Waals surface area contributed by atoms with Crippen LogP contribution in [-0.2, 0) is 16.0 Å². The van der Waals surface area contributed by atoms with E-state index in [4.69, 9.17) is 19.5 Å². The van der Waals surface area contributed by atoms with Crippen LogP contribution in [0.25, 0.3) is 21.9 Å². The summed E-state index contributed by atoms with van der Waals surface area (Å²) in [6.07, 6.45) is 1.89. The smallest absolute Gasteiger partial charge is 0.239 e. The number of nitrogens with one attached hydrogen (secondary N) is 1. The van der Waals surface area contributed by atoms with Gasteiger partial charge in [-0.15, -0.1) is 0 Å². The molecule has 2 amide bonds. The highest BCUT2D eigenvalue weighted by atomic mass is 16.5. The van der Waals surface area contributed by atoms with Crippen LogP contribution in [0, 0.1) is 17.4 Å². The standard InChI is InChI=1S/C26H25N3O5/c1-32-22-11-20(12-23(33-2)25(22)34-3)19-7-6-17-8-16(4-5-18(17)10-19)9-24(30)29-13-21(14-29)26(31)28-15-27/h4-8,10-12,21H,9,13-14H2,1-3H3,(H,28,31). The van der Waals surface area contributed by atoms with Crippen molar-refractivity contribution in [2.45, 2.75) is 6.42 Å². The van der Waals surface area contributed by atoms with Crippen molar-refractivity contribution in [3.05, 3.63) is 54.1 Å². The number of methoxy groups -OCH3 is 3. The van der Waals surface area contributed by atoms with Crippen molar-refractivity contribution in [1.29, 1.82) is 5.26 Å². The Hall–Kier alpha value is -4.25. The summed E-state index contributed by atoms with van der Waals surface area (Å²) in [5, 5.41) is 12.7. The second-order valence-electron chi connectivity index (χ2n) is 8.08. The molecule has 4 rings (SSSR count). The number of amides is 2. The van der Waals surface area contributed by atoms with E-state index in [1.54, 1.807) is 32.4 Å². The molecule has 3 aromatic rings. The van der Waals surface area contributed by atoms with E-state index in [2.05, 4.69) is 11.4 Å². The molecule has 174 valence electrons. The Balaban J connectivity index is 1.50. The van der Waals surface area contributed by atoms with Crippen molar-refractivity contribution in [1.82, 2.24) is 10.2 Å². The van der Waals surface area contributed by atoms with E-state index < -0.39 is 0 Å². The predicted molar refractivity (Wildman–Crippen MR) is 127 cm³/mol. The molecule has 0 unspecified atom stereocenters. The van der Waals surface area contributed by atoms with Gasteiger partial charge in [0.2, 0.25) is 17.6 Å². The van der Waals surface area contributed by atoms with Crippen LogP contribution in [0.5, 0.6) is 17.2 Å². The molecule has 0 aromatic heterocycles. The number of nitriles is 1. The van der Waals surface area contributed by atoms with Gasteiger partial charge in [-0.2, -0.15) is 5.26 Å². The predicted octanol–water partition coefficient (Wildman–Crippen LogP) is 3.13. The number of carbonyl (C=O) groups is 2. The Morgan fingerprint density at radius 1 is 0.941 bits per heavy atom. The zero-order valence-electron chi connectivity index (χ0n) is 19.3. The number of ether oxygens (including phenoxy) is 3. The van der Waals surface area contributed by atoms with Crippen LogP contribution in [0.4, 0.5) is 0 Å². The summed E-state index contributed by atoms with van der Waals surface area (Å²) in [7, 11) is 4.75. The Kier molecular flexibility index (Phi) is 6.55. The lowest BCUT2D eigenvalue weighted by molar-refractivity contribution is -0.142.